The van der Waals surface area contributed by atoms with E-state index in [2.05, 4.69) is 21.2 Å². The van der Waals surface area contributed by atoms with Crippen molar-refractivity contribution >= 4 is 39.1 Å². The van der Waals surface area contributed by atoms with Gasteiger partial charge in [0.2, 0.25) is 0 Å². The summed E-state index contributed by atoms with van der Waals surface area (Å²) in [6.45, 7) is 1.95. The van der Waals surface area contributed by atoms with E-state index in [4.69, 9.17) is 11.6 Å². The Hall–Kier alpha value is -1.32. The van der Waals surface area contributed by atoms with Crippen LogP contribution in [0, 0.1) is 6.92 Å². The molecule has 92 valence electrons. The van der Waals surface area contributed by atoms with Gasteiger partial charge in [-0.25, -0.2) is 0 Å². The summed E-state index contributed by atoms with van der Waals surface area (Å²) in [5.74, 6) is -0.173. The third-order valence-electron chi connectivity index (χ3n) is 2.48. The van der Waals surface area contributed by atoms with Crippen molar-refractivity contribution in [3.8, 4) is 0 Å². The van der Waals surface area contributed by atoms with E-state index in [1.54, 1.807) is 18.2 Å². The molecular formula is C14H11BrClNO. The number of amides is 1. The van der Waals surface area contributed by atoms with E-state index >= 15 is 0 Å². The Labute approximate surface area is 119 Å². The zero-order valence-corrected chi connectivity index (χ0v) is 12.0. The molecule has 0 radical (unpaired) electrons. The highest BCUT2D eigenvalue weighted by Crippen LogP contribution is 2.23. The van der Waals surface area contributed by atoms with Crippen LogP contribution in [0.2, 0.25) is 5.02 Å². The zero-order chi connectivity index (χ0) is 13.1. The molecule has 1 amide bonds. The number of hydrogen-bond donors (Lipinski definition) is 1. The molecule has 0 atom stereocenters. The molecule has 0 unspecified atom stereocenters. The molecular weight excluding hydrogens is 314 g/mol. The minimum absolute atomic E-state index is 0.173. The topological polar surface area (TPSA) is 29.1 Å². The van der Waals surface area contributed by atoms with E-state index in [1.165, 1.54) is 0 Å². The van der Waals surface area contributed by atoms with Crippen molar-refractivity contribution in [3.63, 3.8) is 0 Å². The number of benzene rings is 2. The highest BCUT2D eigenvalue weighted by atomic mass is 79.9. The lowest BCUT2D eigenvalue weighted by atomic mass is 10.2. The van der Waals surface area contributed by atoms with Crippen molar-refractivity contribution < 1.29 is 4.79 Å². The van der Waals surface area contributed by atoms with Gasteiger partial charge >= 0.3 is 0 Å². The Kier molecular flexibility index (Phi) is 4.04. The first kappa shape index (κ1) is 13.1. The molecule has 0 aliphatic carbocycles. The predicted octanol–water partition coefficient (Wildman–Crippen LogP) is 4.66. The Morgan fingerprint density at radius 3 is 2.44 bits per heavy atom. The molecule has 0 spiro atoms. The van der Waals surface area contributed by atoms with Gasteiger partial charge in [0, 0.05) is 10.0 Å². The van der Waals surface area contributed by atoms with E-state index in [1.807, 2.05) is 31.2 Å². The maximum absolute atomic E-state index is 12.0. The van der Waals surface area contributed by atoms with Gasteiger partial charge < -0.3 is 5.32 Å². The number of hydrogen-bond acceptors (Lipinski definition) is 1. The van der Waals surface area contributed by atoms with Crippen molar-refractivity contribution in [2.75, 3.05) is 5.32 Å². The summed E-state index contributed by atoms with van der Waals surface area (Å²) in [4.78, 5) is 12.0. The van der Waals surface area contributed by atoms with Crippen molar-refractivity contribution in [2.45, 2.75) is 6.92 Å². The molecule has 0 saturated heterocycles. The first-order valence-corrected chi connectivity index (χ1v) is 6.56. The van der Waals surface area contributed by atoms with Crippen LogP contribution in [-0.4, -0.2) is 5.91 Å². The van der Waals surface area contributed by atoms with Gasteiger partial charge in [-0.1, -0.05) is 33.6 Å². The predicted molar refractivity (Wildman–Crippen MR) is 78.3 cm³/mol. The summed E-state index contributed by atoms with van der Waals surface area (Å²) in [5.41, 5.74) is 2.27. The van der Waals surface area contributed by atoms with Crippen molar-refractivity contribution in [3.05, 3.63) is 63.1 Å². The van der Waals surface area contributed by atoms with Gasteiger partial charge in [-0.3, -0.25) is 4.79 Å². The Balaban J connectivity index is 2.18. The van der Waals surface area contributed by atoms with E-state index in [0.29, 0.717) is 16.3 Å². The minimum atomic E-state index is -0.173. The second-order valence-electron chi connectivity index (χ2n) is 3.94. The van der Waals surface area contributed by atoms with Crippen LogP contribution in [0.3, 0.4) is 0 Å². The van der Waals surface area contributed by atoms with E-state index in [-0.39, 0.29) is 5.91 Å². The lowest BCUT2D eigenvalue weighted by Gasteiger charge is -2.08. The van der Waals surface area contributed by atoms with Crippen LogP contribution in [-0.2, 0) is 0 Å². The van der Waals surface area contributed by atoms with Crippen LogP contribution in [0.15, 0.2) is 46.9 Å². The smallest absolute Gasteiger partial charge is 0.255 e. The number of carbonyl (C=O) groups excluding carboxylic acids is 1. The summed E-state index contributed by atoms with van der Waals surface area (Å²) in [5, 5.41) is 3.33. The quantitative estimate of drug-likeness (QED) is 0.855. The maximum atomic E-state index is 12.0. The van der Waals surface area contributed by atoms with Crippen molar-refractivity contribution in [1.29, 1.82) is 0 Å². The van der Waals surface area contributed by atoms with E-state index in [0.717, 1.165) is 10.0 Å². The van der Waals surface area contributed by atoms with Gasteiger partial charge in [-0.15, -0.1) is 0 Å². The highest BCUT2D eigenvalue weighted by molar-refractivity contribution is 9.10. The molecule has 2 nitrogen and oxygen atoms in total. The van der Waals surface area contributed by atoms with Gasteiger partial charge in [-0.05, 0) is 48.9 Å². The normalized spacial score (nSPS) is 10.2. The third kappa shape index (κ3) is 3.12. The minimum Gasteiger partial charge on any atom is -0.321 e. The number of nitrogens with one attached hydrogen (secondary N) is 1. The molecule has 0 bridgehead atoms. The molecule has 2 aromatic rings. The van der Waals surface area contributed by atoms with Crippen molar-refractivity contribution in [2.24, 2.45) is 0 Å². The molecule has 4 heteroatoms. The van der Waals surface area contributed by atoms with E-state index in [9.17, 15) is 4.79 Å². The summed E-state index contributed by atoms with van der Waals surface area (Å²) in [6.07, 6.45) is 0. The molecule has 2 aromatic carbocycles. The fraction of sp³-hybridized carbons (Fsp3) is 0.0714. The number of halogens is 2. The van der Waals surface area contributed by atoms with Gasteiger partial charge in [-0.2, -0.15) is 0 Å². The Morgan fingerprint density at radius 2 is 1.83 bits per heavy atom. The molecule has 0 fully saturated rings. The number of rotatable bonds is 2. The second-order valence-corrected chi connectivity index (χ2v) is 5.27. The summed E-state index contributed by atoms with van der Waals surface area (Å²) in [6, 6.07) is 12.7. The van der Waals surface area contributed by atoms with E-state index < -0.39 is 0 Å². The lowest BCUT2D eigenvalue weighted by Crippen LogP contribution is -2.12. The Morgan fingerprint density at radius 1 is 1.17 bits per heavy atom. The summed E-state index contributed by atoms with van der Waals surface area (Å²) >= 11 is 9.39. The lowest BCUT2D eigenvalue weighted by molar-refractivity contribution is 0.102. The first-order chi connectivity index (χ1) is 8.56. The summed E-state index contributed by atoms with van der Waals surface area (Å²) < 4.78 is 0.937. The van der Waals surface area contributed by atoms with Crippen molar-refractivity contribution in [1.82, 2.24) is 0 Å². The number of anilines is 1. The molecule has 0 aliphatic rings. The first-order valence-electron chi connectivity index (χ1n) is 5.39. The SMILES string of the molecule is Cc1ccc(NC(=O)c2ccc(Br)cc2)c(Cl)c1. The monoisotopic (exact) mass is 323 g/mol. The molecule has 0 aliphatic heterocycles. The van der Waals surface area contributed by atoms with Gasteiger partial charge in [0.15, 0.2) is 0 Å². The average molecular weight is 325 g/mol. The van der Waals surface area contributed by atoms with Crippen LogP contribution in [0.1, 0.15) is 15.9 Å². The van der Waals surface area contributed by atoms with Crippen LogP contribution < -0.4 is 5.32 Å². The molecule has 0 aromatic heterocycles. The molecule has 18 heavy (non-hydrogen) atoms. The van der Waals surface area contributed by atoms with Gasteiger partial charge in [0.1, 0.15) is 0 Å². The highest BCUT2D eigenvalue weighted by Gasteiger charge is 2.08. The van der Waals surface area contributed by atoms with Crippen LogP contribution in [0.4, 0.5) is 5.69 Å². The molecule has 0 heterocycles. The van der Waals surface area contributed by atoms with Gasteiger partial charge in [0.05, 0.1) is 10.7 Å². The molecule has 0 saturated carbocycles. The van der Waals surface area contributed by atoms with Crippen LogP contribution >= 0.6 is 27.5 Å². The summed E-state index contributed by atoms with van der Waals surface area (Å²) in [7, 11) is 0. The zero-order valence-electron chi connectivity index (χ0n) is 9.71. The average Bonchev–Trinajstić information content (AvgIpc) is 2.33. The number of aryl methyl sites for hydroxylation is 1. The maximum Gasteiger partial charge on any atom is 0.255 e. The third-order valence-corrected chi connectivity index (χ3v) is 3.32. The largest absolute Gasteiger partial charge is 0.321 e. The molecule has 2 rings (SSSR count). The van der Waals surface area contributed by atoms with Crippen LogP contribution in [0.25, 0.3) is 0 Å². The second kappa shape index (κ2) is 5.55. The van der Waals surface area contributed by atoms with Gasteiger partial charge in [0.25, 0.3) is 5.91 Å². The standard InChI is InChI=1S/C14H11BrClNO/c1-9-2-7-13(12(16)8-9)17-14(18)10-3-5-11(15)6-4-10/h2-8H,1H3,(H,17,18). The fourth-order valence-electron chi connectivity index (χ4n) is 1.52. The molecule has 1 N–H and O–H groups in total. The van der Waals surface area contributed by atoms with Crippen LogP contribution in [0.5, 0.6) is 0 Å². The number of carbonyl (C=O) groups is 1. The fourth-order valence-corrected chi connectivity index (χ4v) is 2.06. The Bertz CT molecular complexity index is 581.